The van der Waals surface area contributed by atoms with E-state index < -0.39 is 0 Å². The highest BCUT2D eigenvalue weighted by molar-refractivity contribution is 5.82. The summed E-state index contributed by atoms with van der Waals surface area (Å²) in [5.41, 5.74) is 2.82. The smallest absolute Gasteiger partial charge is 0.165 e. The molecular weight excluding hydrogens is 278 g/mol. The standard InChI is InChI=1S/C18H21NO3/c1-19-6-5-18-12-8-11(20)9-15(18)22-17-14(21-2)4-3-10(16(17)18)7-13(12)19/h3-4,12-13,15H,5-9H2,1-2H3/t12-,13+,15-,18+/m0/s1. The lowest BCUT2D eigenvalue weighted by atomic mass is 9.52. The van der Waals surface area contributed by atoms with Gasteiger partial charge in [-0.1, -0.05) is 6.07 Å². The molecule has 0 amide bonds. The summed E-state index contributed by atoms with van der Waals surface area (Å²) in [4.78, 5) is 14.8. The summed E-state index contributed by atoms with van der Waals surface area (Å²) in [6.45, 7) is 1.09. The van der Waals surface area contributed by atoms with E-state index in [1.807, 2.05) is 6.07 Å². The third-order valence-electron chi connectivity index (χ3n) is 6.59. The van der Waals surface area contributed by atoms with E-state index in [1.165, 1.54) is 11.1 Å². The molecule has 1 spiro atoms. The lowest BCUT2D eigenvalue weighted by Crippen LogP contribution is -2.64. The molecule has 116 valence electrons. The topological polar surface area (TPSA) is 38.8 Å². The summed E-state index contributed by atoms with van der Waals surface area (Å²) in [5.74, 6) is 2.51. The van der Waals surface area contributed by atoms with Gasteiger partial charge in [-0.2, -0.15) is 0 Å². The van der Waals surface area contributed by atoms with E-state index in [-0.39, 0.29) is 11.5 Å². The molecule has 22 heavy (non-hydrogen) atoms. The maximum absolute atomic E-state index is 12.3. The highest BCUT2D eigenvalue weighted by atomic mass is 16.5. The molecule has 1 saturated carbocycles. The van der Waals surface area contributed by atoms with Crippen molar-refractivity contribution in [2.45, 2.75) is 43.2 Å². The van der Waals surface area contributed by atoms with Crippen LogP contribution in [0.25, 0.3) is 0 Å². The maximum atomic E-state index is 12.3. The number of likely N-dealkylation sites (N-methyl/N-ethyl adjacent to an activating group) is 1. The van der Waals surface area contributed by atoms with Gasteiger partial charge in [0.1, 0.15) is 11.9 Å². The van der Waals surface area contributed by atoms with Gasteiger partial charge in [-0.05, 0) is 44.0 Å². The summed E-state index contributed by atoms with van der Waals surface area (Å²) in [7, 11) is 3.90. The monoisotopic (exact) mass is 299 g/mol. The summed E-state index contributed by atoms with van der Waals surface area (Å²) in [6, 6.07) is 4.71. The van der Waals surface area contributed by atoms with Gasteiger partial charge in [0.15, 0.2) is 11.5 Å². The Bertz CT molecular complexity index is 685. The molecule has 4 atom stereocenters. The Balaban J connectivity index is 1.79. The quantitative estimate of drug-likeness (QED) is 0.794. The Morgan fingerprint density at radius 2 is 2.18 bits per heavy atom. The number of nitrogens with zero attached hydrogens (tertiary/aromatic N) is 1. The van der Waals surface area contributed by atoms with E-state index in [2.05, 4.69) is 18.0 Å². The van der Waals surface area contributed by atoms with Gasteiger partial charge in [0.2, 0.25) is 0 Å². The van der Waals surface area contributed by atoms with Crippen LogP contribution in [0.2, 0.25) is 0 Å². The number of likely N-dealkylation sites (tertiary alicyclic amines) is 1. The van der Waals surface area contributed by atoms with Gasteiger partial charge in [-0.25, -0.2) is 0 Å². The van der Waals surface area contributed by atoms with Crippen LogP contribution in [0.5, 0.6) is 11.5 Å². The first-order valence-corrected chi connectivity index (χ1v) is 8.24. The number of piperidine rings is 1. The maximum Gasteiger partial charge on any atom is 0.165 e. The van der Waals surface area contributed by atoms with Crippen LogP contribution in [0.1, 0.15) is 30.4 Å². The van der Waals surface area contributed by atoms with Crippen molar-refractivity contribution >= 4 is 5.78 Å². The number of hydrogen-bond acceptors (Lipinski definition) is 4. The highest BCUT2D eigenvalue weighted by Gasteiger charge is 2.64. The van der Waals surface area contributed by atoms with Crippen molar-refractivity contribution in [3.8, 4) is 11.5 Å². The molecule has 5 rings (SSSR count). The van der Waals surface area contributed by atoms with Gasteiger partial charge in [0.05, 0.1) is 7.11 Å². The Morgan fingerprint density at radius 1 is 1.32 bits per heavy atom. The molecule has 0 aromatic heterocycles. The molecule has 1 aromatic carbocycles. The van der Waals surface area contributed by atoms with Crippen LogP contribution in [-0.2, 0) is 16.6 Å². The summed E-state index contributed by atoms with van der Waals surface area (Å²) in [6.07, 6.45) is 3.41. The van der Waals surface area contributed by atoms with Gasteiger partial charge in [-0.3, -0.25) is 4.79 Å². The lowest BCUT2D eigenvalue weighted by Gasteiger charge is -2.57. The zero-order valence-corrected chi connectivity index (χ0v) is 13.1. The number of rotatable bonds is 1. The van der Waals surface area contributed by atoms with Crippen molar-refractivity contribution < 1.29 is 14.3 Å². The third-order valence-corrected chi connectivity index (χ3v) is 6.59. The van der Waals surface area contributed by atoms with Crippen LogP contribution in [0.15, 0.2) is 12.1 Å². The van der Waals surface area contributed by atoms with E-state index in [4.69, 9.17) is 9.47 Å². The first-order chi connectivity index (χ1) is 10.6. The first-order valence-electron chi connectivity index (χ1n) is 8.24. The minimum Gasteiger partial charge on any atom is -0.493 e. The third kappa shape index (κ3) is 1.31. The predicted molar refractivity (Wildman–Crippen MR) is 81.6 cm³/mol. The van der Waals surface area contributed by atoms with Crippen molar-refractivity contribution in [1.29, 1.82) is 0 Å². The van der Waals surface area contributed by atoms with Crippen molar-refractivity contribution in [1.82, 2.24) is 4.90 Å². The Labute approximate surface area is 130 Å². The minimum absolute atomic E-state index is 0.0142. The van der Waals surface area contributed by atoms with E-state index in [9.17, 15) is 4.79 Å². The molecule has 2 heterocycles. The van der Waals surface area contributed by atoms with Gasteiger partial charge >= 0.3 is 0 Å². The van der Waals surface area contributed by atoms with Gasteiger partial charge in [0, 0.05) is 29.9 Å². The van der Waals surface area contributed by atoms with Crippen molar-refractivity contribution in [2.75, 3.05) is 20.7 Å². The first kappa shape index (κ1) is 12.9. The van der Waals surface area contributed by atoms with Crippen molar-refractivity contribution in [2.24, 2.45) is 5.92 Å². The summed E-state index contributed by atoms with van der Waals surface area (Å²) < 4.78 is 11.9. The largest absolute Gasteiger partial charge is 0.493 e. The SMILES string of the molecule is COc1ccc2c3c1O[C@H]1CC(=O)C[C@H]4[C@@H](C2)N(C)CC[C@]314. The molecule has 1 aromatic rings. The Hall–Kier alpha value is -1.55. The number of methoxy groups -OCH3 is 1. The molecule has 0 radical (unpaired) electrons. The molecular formula is C18H21NO3. The molecule has 4 heteroatoms. The second-order valence-electron chi connectivity index (χ2n) is 7.33. The van der Waals surface area contributed by atoms with Crippen molar-refractivity contribution in [3.63, 3.8) is 0 Å². The second-order valence-corrected chi connectivity index (χ2v) is 7.33. The van der Waals surface area contributed by atoms with Gasteiger partial charge < -0.3 is 14.4 Å². The number of Topliss-reactive ketones (excluding diaryl/α,β-unsaturated/α-hetero) is 1. The van der Waals surface area contributed by atoms with Crippen LogP contribution in [0.3, 0.4) is 0 Å². The summed E-state index contributed by atoms with van der Waals surface area (Å²) in [5, 5.41) is 0. The fourth-order valence-electron chi connectivity index (χ4n) is 5.64. The van der Waals surface area contributed by atoms with Crippen LogP contribution >= 0.6 is 0 Å². The molecule has 2 bridgehead atoms. The van der Waals surface area contributed by atoms with Crippen LogP contribution in [0.4, 0.5) is 0 Å². The number of carbonyl (C=O) groups is 1. The number of ether oxygens (including phenoxy) is 2. The molecule has 0 unspecified atom stereocenters. The van der Waals surface area contributed by atoms with E-state index >= 15 is 0 Å². The molecule has 0 N–H and O–H groups in total. The molecule has 2 aliphatic heterocycles. The molecule has 2 fully saturated rings. The zero-order chi connectivity index (χ0) is 15.1. The molecule has 4 nitrogen and oxygen atoms in total. The zero-order valence-electron chi connectivity index (χ0n) is 13.1. The van der Waals surface area contributed by atoms with E-state index in [1.54, 1.807) is 7.11 Å². The molecule has 4 aliphatic rings. The van der Waals surface area contributed by atoms with Gasteiger partial charge in [-0.15, -0.1) is 0 Å². The Kier molecular flexibility index (Phi) is 2.38. The van der Waals surface area contributed by atoms with Crippen LogP contribution in [0, 0.1) is 5.92 Å². The number of carbonyl (C=O) groups excluding carboxylic acids is 1. The predicted octanol–water partition coefficient (Wildman–Crippen LogP) is 1.93. The lowest BCUT2D eigenvalue weighted by molar-refractivity contribution is -0.132. The summed E-state index contributed by atoms with van der Waals surface area (Å²) >= 11 is 0. The number of benzene rings is 1. The highest BCUT2D eigenvalue weighted by Crippen LogP contribution is 2.63. The average molecular weight is 299 g/mol. The normalized spacial score (nSPS) is 38.5. The minimum atomic E-state index is 0.0142. The number of hydrogen-bond donors (Lipinski definition) is 0. The van der Waals surface area contributed by atoms with Gasteiger partial charge in [0.25, 0.3) is 0 Å². The molecule has 2 aliphatic carbocycles. The van der Waals surface area contributed by atoms with Crippen LogP contribution in [-0.4, -0.2) is 43.5 Å². The van der Waals surface area contributed by atoms with E-state index in [0.29, 0.717) is 30.6 Å². The fourth-order valence-corrected chi connectivity index (χ4v) is 5.64. The van der Waals surface area contributed by atoms with E-state index in [0.717, 1.165) is 30.9 Å². The number of ketones is 1. The van der Waals surface area contributed by atoms with Crippen LogP contribution < -0.4 is 9.47 Å². The van der Waals surface area contributed by atoms with Crippen molar-refractivity contribution in [3.05, 3.63) is 23.3 Å². The average Bonchev–Trinajstić information content (AvgIpc) is 2.83. The second kappa shape index (κ2) is 4.05. The molecule has 1 saturated heterocycles. The fraction of sp³-hybridized carbons (Fsp3) is 0.611. The Morgan fingerprint density at radius 3 is 3.00 bits per heavy atom.